The lowest BCUT2D eigenvalue weighted by atomic mass is 10.1. The number of aryl methyl sites for hydroxylation is 1. The molecule has 32 heavy (non-hydrogen) atoms. The number of carbonyl (C=O) groups excluding carboxylic acids is 2. The first-order valence-electron chi connectivity index (χ1n) is 9.76. The van der Waals surface area contributed by atoms with Crippen LogP contribution in [0.25, 0.3) is 0 Å². The molecule has 166 valence electrons. The third-order valence-corrected chi connectivity index (χ3v) is 5.85. The van der Waals surface area contributed by atoms with E-state index in [1.165, 1.54) is 31.2 Å². The van der Waals surface area contributed by atoms with Crippen LogP contribution in [0.3, 0.4) is 0 Å². The van der Waals surface area contributed by atoms with Gasteiger partial charge in [0.15, 0.2) is 0 Å². The number of aromatic nitrogens is 2. The van der Waals surface area contributed by atoms with Gasteiger partial charge in [-0.15, -0.1) is 0 Å². The molecule has 2 amide bonds. The summed E-state index contributed by atoms with van der Waals surface area (Å²) < 4.78 is 27.5. The maximum Gasteiger partial charge on any atom is 0.251 e. The molecule has 3 N–H and O–H groups in total. The largest absolute Gasteiger partial charge is 0.346 e. The molecule has 0 spiro atoms. The van der Waals surface area contributed by atoms with Crippen molar-refractivity contribution in [3.8, 4) is 0 Å². The molecule has 9 nitrogen and oxygen atoms in total. The quantitative estimate of drug-likeness (QED) is 0.479. The van der Waals surface area contributed by atoms with E-state index in [2.05, 4.69) is 25.3 Å². The normalized spacial score (nSPS) is 11.1. The van der Waals surface area contributed by atoms with Crippen LogP contribution in [0.4, 0.5) is 5.69 Å². The fraction of sp³-hybridized carbons (Fsp3) is 0.182. The molecule has 3 rings (SSSR count). The molecule has 2 aromatic carbocycles. The molecular formula is C22H23N5O4S. The number of nitrogens with one attached hydrogen (secondary N) is 3. The van der Waals surface area contributed by atoms with Crippen LogP contribution < -0.4 is 15.4 Å². The molecule has 3 aromatic rings. The van der Waals surface area contributed by atoms with E-state index in [9.17, 15) is 18.0 Å². The SMILES string of the molecule is CC(=O)Nc1ccc(S(=O)(=O)NCc2ccc(C(=O)NCc3ccnc(C)n3)cc2)cc1. The van der Waals surface area contributed by atoms with Crippen LogP contribution >= 0.6 is 0 Å². The van der Waals surface area contributed by atoms with Gasteiger partial charge in [-0.1, -0.05) is 12.1 Å². The van der Waals surface area contributed by atoms with Crippen molar-refractivity contribution < 1.29 is 18.0 Å². The smallest absolute Gasteiger partial charge is 0.251 e. The molecule has 1 heterocycles. The van der Waals surface area contributed by atoms with E-state index in [1.807, 2.05) is 0 Å². The summed E-state index contributed by atoms with van der Waals surface area (Å²) in [6.07, 6.45) is 1.64. The van der Waals surface area contributed by atoms with Gasteiger partial charge in [-0.3, -0.25) is 9.59 Å². The van der Waals surface area contributed by atoms with Gasteiger partial charge in [-0.25, -0.2) is 23.1 Å². The Balaban J connectivity index is 1.55. The first kappa shape index (κ1) is 23.0. The van der Waals surface area contributed by atoms with Gasteiger partial charge in [0, 0.05) is 30.9 Å². The van der Waals surface area contributed by atoms with Crippen LogP contribution in [0.15, 0.2) is 65.7 Å². The number of hydrogen-bond donors (Lipinski definition) is 3. The van der Waals surface area contributed by atoms with Crippen molar-refractivity contribution in [2.45, 2.75) is 31.8 Å². The van der Waals surface area contributed by atoms with E-state index < -0.39 is 10.0 Å². The molecular weight excluding hydrogens is 430 g/mol. The van der Waals surface area contributed by atoms with Gasteiger partial charge in [0.25, 0.3) is 5.91 Å². The summed E-state index contributed by atoms with van der Waals surface area (Å²) in [5.41, 5.74) is 2.38. The number of sulfonamides is 1. The van der Waals surface area contributed by atoms with Crippen molar-refractivity contribution in [3.63, 3.8) is 0 Å². The minimum Gasteiger partial charge on any atom is -0.346 e. The number of hydrogen-bond acceptors (Lipinski definition) is 6. The van der Waals surface area contributed by atoms with Crippen molar-refractivity contribution in [1.82, 2.24) is 20.0 Å². The van der Waals surface area contributed by atoms with Crippen LogP contribution in [0.5, 0.6) is 0 Å². The second-order valence-electron chi connectivity index (χ2n) is 7.00. The van der Waals surface area contributed by atoms with Crippen molar-refractivity contribution in [1.29, 1.82) is 0 Å². The lowest BCUT2D eigenvalue weighted by Crippen LogP contribution is -2.24. The zero-order valence-electron chi connectivity index (χ0n) is 17.6. The zero-order chi connectivity index (χ0) is 23.1. The Morgan fingerprint density at radius 3 is 2.25 bits per heavy atom. The average Bonchev–Trinajstić information content (AvgIpc) is 2.76. The highest BCUT2D eigenvalue weighted by Crippen LogP contribution is 2.15. The standard InChI is InChI=1S/C22H23N5O4S/c1-15-23-12-11-20(26-15)14-24-22(29)18-5-3-17(4-6-18)13-25-32(30,31)21-9-7-19(8-10-21)27-16(2)28/h3-12,25H,13-14H2,1-2H3,(H,24,29)(H,27,28). The molecule has 0 aliphatic heterocycles. The minimum absolute atomic E-state index is 0.0674. The van der Waals surface area contributed by atoms with E-state index in [4.69, 9.17) is 0 Å². The highest BCUT2D eigenvalue weighted by Gasteiger charge is 2.14. The Bertz CT molecular complexity index is 1210. The highest BCUT2D eigenvalue weighted by atomic mass is 32.2. The Kier molecular flexibility index (Phi) is 7.29. The number of carbonyl (C=O) groups is 2. The van der Waals surface area contributed by atoms with E-state index >= 15 is 0 Å². The van der Waals surface area contributed by atoms with E-state index in [1.54, 1.807) is 43.5 Å². The van der Waals surface area contributed by atoms with Crippen molar-refractivity contribution >= 4 is 27.5 Å². The van der Waals surface area contributed by atoms with Gasteiger partial charge in [0.1, 0.15) is 5.82 Å². The fourth-order valence-corrected chi connectivity index (χ4v) is 3.85. The third kappa shape index (κ3) is 6.43. The van der Waals surface area contributed by atoms with Gasteiger partial charge < -0.3 is 10.6 Å². The molecule has 0 bridgehead atoms. The molecule has 1 aromatic heterocycles. The first-order valence-corrected chi connectivity index (χ1v) is 11.2. The summed E-state index contributed by atoms with van der Waals surface area (Å²) in [4.78, 5) is 31.7. The monoisotopic (exact) mass is 453 g/mol. The van der Waals surface area contributed by atoms with Crippen LogP contribution in [0, 0.1) is 6.92 Å². The van der Waals surface area contributed by atoms with Gasteiger partial charge in [-0.2, -0.15) is 0 Å². The molecule has 0 unspecified atom stereocenters. The van der Waals surface area contributed by atoms with Gasteiger partial charge in [0.2, 0.25) is 15.9 Å². The average molecular weight is 454 g/mol. The highest BCUT2D eigenvalue weighted by molar-refractivity contribution is 7.89. The van der Waals surface area contributed by atoms with Crippen molar-refractivity contribution in [2.75, 3.05) is 5.32 Å². The maximum absolute atomic E-state index is 12.5. The van der Waals surface area contributed by atoms with Gasteiger partial charge >= 0.3 is 0 Å². The number of nitrogens with zero attached hydrogens (tertiary/aromatic N) is 2. The zero-order valence-corrected chi connectivity index (χ0v) is 18.4. The lowest BCUT2D eigenvalue weighted by Gasteiger charge is -2.09. The molecule has 0 saturated carbocycles. The number of rotatable bonds is 8. The molecule has 0 radical (unpaired) electrons. The molecule has 10 heteroatoms. The molecule has 0 atom stereocenters. The third-order valence-electron chi connectivity index (χ3n) is 4.43. The van der Waals surface area contributed by atoms with Crippen molar-refractivity contribution in [2.24, 2.45) is 0 Å². The van der Waals surface area contributed by atoms with Crippen LogP contribution in [-0.4, -0.2) is 30.2 Å². The second kappa shape index (κ2) is 10.1. The van der Waals surface area contributed by atoms with Crippen molar-refractivity contribution in [3.05, 3.63) is 83.4 Å². The first-order chi connectivity index (χ1) is 15.2. The van der Waals surface area contributed by atoms with E-state index in [0.717, 1.165) is 0 Å². The summed E-state index contributed by atoms with van der Waals surface area (Å²) in [7, 11) is -3.73. The Morgan fingerprint density at radius 1 is 0.938 bits per heavy atom. The summed E-state index contributed by atoms with van der Waals surface area (Å²) in [5.74, 6) is 0.139. The number of benzene rings is 2. The lowest BCUT2D eigenvalue weighted by molar-refractivity contribution is -0.114. The molecule has 0 fully saturated rings. The predicted molar refractivity (Wildman–Crippen MR) is 119 cm³/mol. The van der Waals surface area contributed by atoms with Crippen LogP contribution in [0.1, 0.15) is 34.4 Å². The summed E-state index contributed by atoms with van der Waals surface area (Å²) in [5, 5.41) is 5.37. The Hall–Kier alpha value is -3.63. The van der Waals surface area contributed by atoms with Crippen LogP contribution in [-0.2, 0) is 27.9 Å². The summed E-state index contributed by atoms with van der Waals surface area (Å²) in [6, 6.07) is 14.2. The predicted octanol–water partition coefficient (Wildman–Crippen LogP) is 2.15. The number of anilines is 1. The summed E-state index contributed by atoms with van der Waals surface area (Å²) >= 11 is 0. The number of amides is 2. The second-order valence-corrected chi connectivity index (χ2v) is 8.77. The van der Waals surface area contributed by atoms with Crippen LogP contribution in [0.2, 0.25) is 0 Å². The fourth-order valence-electron chi connectivity index (χ4n) is 2.83. The summed E-state index contributed by atoms with van der Waals surface area (Å²) in [6.45, 7) is 3.50. The molecule has 0 aliphatic rings. The van der Waals surface area contributed by atoms with Gasteiger partial charge in [-0.05, 0) is 55.0 Å². The Labute approximate surface area is 186 Å². The Morgan fingerprint density at radius 2 is 1.62 bits per heavy atom. The molecule has 0 aliphatic carbocycles. The topological polar surface area (TPSA) is 130 Å². The minimum atomic E-state index is -3.73. The van der Waals surface area contributed by atoms with Gasteiger partial charge in [0.05, 0.1) is 17.1 Å². The maximum atomic E-state index is 12.5. The van der Waals surface area contributed by atoms with E-state index in [0.29, 0.717) is 28.3 Å². The molecule has 0 saturated heterocycles. The van der Waals surface area contributed by atoms with E-state index in [-0.39, 0.29) is 29.8 Å².